The summed E-state index contributed by atoms with van der Waals surface area (Å²) in [7, 11) is 0. The Balaban J connectivity index is 2.55. The lowest BCUT2D eigenvalue weighted by Crippen LogP contribution is -2.41. The summed E-state index contributed by atoms with van der Waals surface area (Å²) >= 11 is 0. The van der Waals surface area contributed by atoms with Gasteiger partial charge >= 0.3 is 6.03 Å². The molecular weight excluding hydrogens is 258 g/mol. The molecule has 1 rings (SSSR count). The minimum absolute atomic E-state index is 0.0857. The number of aliphatic hydroxyl groups is 1. The number of hydrogen-bond acceptors (Lipinski definition) is 4. The van der Waals surface area contributed by atoms with Gasteiger partial charge in [-0.05, 0) is 12.3 Å². The van der Waals surface area contributed by atoms with Gasteiger partial charge in [0.2, 0.25) is 0 Å². The molecule has 0 saturated heterocycles. The highest BCUT2D eigenvalue weighted by molar-refractivity contribution is 5.88. The molecule has 0 fully saturated rings. The molecule has 0 spiro atoms. The van der Waals surface area contributed by atoms with Gasteiger partial charge in [-0.3, -0.25) is 5.32 Å². The molecule has 0 aliphatic carbocycles. The Bertz CT molecular complexity index is 435. The zero-order valence-electron chi connectivity index (χ0n) is 12.9. The number of carbonyl (C=O) groups is 1. The van der Waals surface area contributed by atoms with Gasteiger partial charge in [-0.15, -0.1) is 0 Å². The number of urea groups is 1. The summed E-state index contributed by atoms with van der Waals surface area (Å²) in [6.45, 7) is 9.99. The highest BCUT2D eigenvalue weighted by atomic mass is 16.5. The van der Waals surface area contributed by atoms with Crippen molar-refractivity contribution in [3.63, 3.8) is 0 Å². The van der Waals surface area contributed by atoms with E-state index < -0.39 is 6.03 Å². The molecular formula is C14H25N3O3. The third-order valence-electron chi connectivity index (χ3n) is 2.80. The van der Waals surface area contributed by atoms with E-state index >= 15 is 0 Å². The second-order valence-electron chi connectivity index (χ2n) is 6.43. The lowest BCUT2D eigenvalue weighted by molar-refractivity contribution is 0.214. The number of nitrogens with zero attached hydrogens (tertiary/aromatic N) is 1. The summed E-state index contributed by atoms with van der Waals surface area (Å²) in [5.74, 6) is 1.47. The zero-order valence-corrected chi connectivity index (χ0v) is 12.9. The van der Waals surface area contributed by atoms with E-state index in [-0.39, 0.29) is 18.1 Å². The fourth-order valence-electron chi connectivity index (χ4n) is 1.77. The lowest BCUT2D eigenvalue weighted by Gasteiger charge is -2.17. The molecule has 6 nitrogen and oxygen atoms in total. The van der Waals surface area contributed by atoms with Crippen LogP contribution in [0.3, 0.4) is 0 Å². The Morgan fingerprint density at radius 1 is 1.45 bits per heavy atom. The monoisotopic (exact) mass is 283 g/mol. The Kier molecular flexibility index (Phi) is 5.56. The number of rotatable bonds is 5. The van der Waals surface area contributed by atoms with Crippen LogP contribution in [0.4, 0.5) is 10.6 Å². The van der Waals surface area contributed by atoms with Crippen LogP contribution in [0.15, 0.2) is 10.6 Å². The molecule has 2 amide bonds. The van der Waals surface area contributed by atoms with Gasteiger partial charge in [0.15, 0.2) is 5.82 Å². The van der Waals surface area contributed by atoms with Gasteiger partial charge in [-0.25, -0.2) is 4.79 Å². The summed E-state index contributed by atoms with van der Waals surface area (Å²) in [5.41, 5.74) is -0.158. The first kappa shape index (κ1) is 16.5. The molecule has 1 heterocycles. The van der Waals surface area contributed by atoms with Crippen LogP contribution in [-0.2, 0) is 5.41 Å². The summed E-state index contributed by atoms with van der Waals surface area (Å²) in [4.78, 5) is 11.8. The van der Waals surface area contributed by atoms with Crippen LogP contribution < -0.4 is 10.6 Å². The molecule has 1 unspecified atom stereocenters. The molecule has 20 heavy (non-hydrogen) atoms. The van der Waals surface area contributed by atoms with Gasteiger partial charge in [0.1, 0.15) is 5.76 Å². The predicted molar refractivity (Wildman–Crippen MR) is 77.7 cm³/mol. The van der Waals surface area contributed by atoms with Gasteiger partial charge in [0, 0.05) is 11.5 Å². The molecule has 1 atom stereocenters. The van der Waals surface area contributed by atoms with Crippen molar-refractivity contribution in [3.8, 4) is 0 Å². The molecule has 114 valence electrons. The molecule has 0 bridgehead atoms. The molecule has 1 aromatic heterocycles. The number of amides is 2. The van der Waals surface area contributed by atoms with Crippen molar-refractivity contribution >= 4 is 11.8 Å². The Morgan fingerprint density at radius 2 is 2.10 bits per heavy atom. The molecule has 1 aromatic rings. The fourth-order valence-corrected chi connectivity index (χ4v) is 1.77. The van der Waals surface area contributed by atoms with Crippen LogP contribution >= 0.6 is 0 Å². The minimum Gasteiger partial charge on any atom is -0.394 e. The Hall–Kier alpha value is -1.56. The highest BCUT2D eigenvalue weighted by Gasteiger charge is 2.20. The molecule has 0 aliphatic heterocycles. The zero-order chi connectivity index (χ0) is 15.3. The normalized spacial score (nSPS) is 13.3. The van der Waals surface area contributed by atoms with Crippen molar-refractivity contribution in [1.82, 2.24) is 10.5 Å². The van der Waals surface area contributed by atoms with Crippen molar-refractivity contribution in [3.05, 3.63) is 11.8 Å². The molecule has 0 aliphatic rings. The van der Waals surface area contributed by atoms with Crippen molar-refractivity contribution in [2.45, 2.75) is 52.5 Å². The van der Waals surface area contributed by atoms with Gasteiger partial charge < -0.3 is 14.9 Å². The average molecular weight is 283 g/mol. The van der Waals surface area contributed by atoms with Crippen LogP contribution in [0.1, 0.15) is 46.8 Å². The number of aromatic nitrogens is 1. The largest absolute Gasteiger partial charge is 0.394 e. The molecule has 0 radical (unpaired) electrons. The van der Waals surface area contributed by atoms with Gasteiger partial charge in [-0.1, -0.05) is 39.8 Å². The maximum atomic E-state index is 11.8. The smallest absolute Gasteiger partial charge is 0.320 e. The van der Waals surface area contributed by atoms with E-state index in [0.717, 1.165) is 6.42 Å². The van der Waals surface area contributed by atoms with Crippen molar-refractivity contribution in [2.75, 3.05) is 11.9 Å². The molecule has 0 saturated carbocycles. The highest BCUT2D eigenvalue weighted by Crippen LogP contribution is 2.24. The van der Waals surface area contributed by atoms with E-state index in [4.69, 9.17) is 4.52 Å². The number of aliphatic hydroxyl groups excluding tert-OH is 1. The van der Waals surface area contributed by atoms with E-state index in [9.17, 15) is 9.90 Å². The van der Waals surface area contributed by atoms with Crippen molar-refractivity contribution in [1.29, 1.82) is 0 Å². The van der Waals surface area contributed by atoms with E-state index in [1.165, 1.54) is 0 Å². The lowest BCUT2D eigenvalue weighted by atomic mass is 9.93. The van der Waals surface area contributed by atoms with E-state index in [1.807, 2.05) is 34.6 Å². The Morgan fingerprint density at radius 3 is 2.55 bits per heavy atom. The van der Waals surface area contributed by atoms with Crippen LogP contribution in [0.5, 0.6) is 0 Å². The summed E-state index contributed by atoms with van der Waals surface area (Å²) in [6, 6.07) is 1.05. The van der Waals surface area contributed by atoms with Crippen LogP contribution in [0, 0.1) is 5.92 Å². The first-order valence-electron chi connectivity index (χ1n) is 6.88. The molecule has 3 N–H and O–H groups in total. The summed E-state index contributed by atoms with van der Waals surface area (Å²) in [5, 5.41) is 18.4. The maximum absolute atomic E-state index is 11.8. The number of anilines is 1. The van der Waals surface area contributed by atoms with E-state index in [1.54, 1.807) is 6.07 Å². The second-order valence-corrected chi connectivity index (χ2v) is 6.43. The summed E-state index contributed by atoms with van der Waals surface area (Å²) in [6.07, 6.45) is 0.718. The molecule has 6 heteroatoms. The van der Waals surface area contributed by atoms with Gasteiger partial charge in [0.05, 0.1) is 12.6 Å². The quantitative estimate of drug-likeness (QED) is 0.774. The first-order chi connectivity index (χ1) is 9.22. The van der Waals surface area contributed by atoms with Crippen LogP contribution in [0.25, 0.3) is 0 Å². The van der Waals surface area contributed by atoms with E-state index in [0.29, 0.717) is 17.5 Å². The molecule has 0 aromatic carbocycles. The minimum atomic E-state index is -0.390. The Labute approximate surface area is 119 Å². The van der Waals surface area contributed by atoms with Crippen LogP contribution in [-0.4, -0.2) is 28.9 Å². The third-order valence-corrected chi connectivity index (χ3v) is 2.80. The number of hydrogen-bond donors (Lipinski definition) is 3. The second kappa shape index (κ2) is 6.74. The van der Waals surface area contributed by atoms with Crippen LogP contribution in [0.2, 0.25) is 0 Å². The average Bonchev–Trinajstić information content (AvgIpc) is 2.75. The number of carbonyl (C=O) groups excluding carboxylic acids is 1. The number of nitrogens with one attached hydrogen (secondary N) is 2. The predicted octanol–water partition coefficient (Wildman–Crippen LogP) is 2.50. The van der Waals surface area contributed by atoms with Crippen molar-refractivity contribution < 1.29 is 14.4 Å². The topological polar surface area (TPSA) is 87.4 Å². The van der Waals surface area contributed by atoms with Gasteiger partial charge in [0.25, 0.3) is 0 Å². The summed E-state index contributed by atoms with van der Waals surface area (Å²) < 4.78 is 5.18. The standard InChI is InChI=1S/C14H25N3O3/c1-9(2)6-10(8-18)15-13(19)16-12-7-11(20-17-12)14(3,4)5/h7,9-10,18H,6,8H2,1-5H3,(H2,15,16,17,19). The van der Waals surface area contributed by atoms with E-state index in [2.05, 4.69) is 15.8 Å². The first-order valence-corrected chi connectivity index (χ1v) is 6.88. The van der Waals surface area contributed by atoms with Crippen molar-refractivity contribution in [2.24, 2.45) is 5.92 Å². The van der Waals surface area contributed by atoms with Gasteiger partial charge in [-0.2, -0.15) is 0 Å². The fraction of sp³-hybridized carbons (Fsp3) is 0.714. The SMILES string of the molecule is CC(C)CC(CO)NC(=O)Nc1cc(C(C)(C)C)on1. The maximum Gasteiger partial charge on any atom is 0.320 e. The third kappa shape index (κ3) is 5.21.